The minimum absolute atomic E-state index is 0.288. The second-order valence-corrected chi connectivity index (χ2v) is 4.72. The number of nitrogens with one attached hydrogen (secondary N) is 1. The first kappa shape index (κ1) is 12.5. The van der Waals surface area contributed by atoms with Crippen molar-refractivity contribution in [2.24, 2.45) is 11.7 Å². The fourth-order valence-electron chi connectivity index (χ4n) is 2.41. The van der Waals surface area contributed by atoms with E-state index in [4.69, 9.17) is 5.73 Å². The van der Waals surface area contributed by atoms with Crippen LogP contribution in [0.2, 0.25) is 0 Å². The van der Waals surface area contributed by atoms with Crippen molar-refractivity contribution in [3.05, 3.63) is 35.4 Å². The van der Waals surface area contributed by atoms with Crippen molar-refractivity contribution < 1.29 is 8.78 Å². The van der Waals surface area contributed by atoms with Crippen LogP contribution in [-0.2, 0) is 0 Å². The van der Waals surface area contributed by atoms with Crippen LogP contribution in [0.4, 0.5) is 8.78 Å². The van der Waals surface area contributed by atoms with E-state index in [0.29, 0.717) is 12.3 Å². The molecule has 1 fully saturated rings. The number of benzene rings is 1. The minimum Gasteiger partial charge on any atom is -0.324 e. The first-order valence-electron chi connectivity index (χ1n) is 6.08. The lowest BCUT2D eigenvalue weighted by Crippen LogP contribution is -2.32. The van der Waals surface area contributed by atoms with Crippen molar-refractivity contribution in [2.45, 2.75) is 25.3 Å². The lowest BCUT2D eigenvalue weighted by atomic mass is 9.90. The number of nitrogens with two attached hydrogens (primary N) is 1. The van der Waals surface area contributed by atoms with Gasteiger partial charge in [-0.25, -0.2) is 8.78 Å². The summed E-state index contributed by atoms with van der Waals surface area (Å²) in [5, 5.41) is 3.29. The van der Waals surface area contributed by atoms with Crippen LogP contribution in [0.25, 0.3) is 0 Å². The molecular weight excluding hydrogens is 222 g/mol. The first-order chi connectivity index (χ1) is 8.16. The molecule has 3 N–H and O–H groups in total. The molecule has 1 saturated heterocycles. The maximum absolute atomic E-state index is 13.5. The van der Waals surface area contributed by atoms with Gasteiger partial charge in [-0.2, -0.15) is 0 Å². The van der Waals surface area contributed by atoms with Gasteiger partial charge in [-0.3, -0.25) is 0 Å². The number of hydrogen-bond acceptors (Lipinski definition) is 2. The molecule has 0 saturated carbocycles. The average Bonchev–Trinajstić information content (AvgIpc) is 2.33. The highest BCUT2D eigenvalue weighted by molar-refractivity contribution is 5.22. The Morgan fingerprint density at radius 2 is 2.24 bits per heavy atom. The van der Waals surface area contributed by atoms with Crippen LogP contribution < -0.4 is 11.1 Å². The predicted octanol–water partition coefficient (Wildman–Crippen LogP) is 2.35. The Morgan fingerprint density at radius 1 is 1.41 bits per heavy atom. The molecule has 17 heavy (non-hydrogen) atoms. The van der Waals surface area contributed by atoms with Gasteiger partial charge in [0.1, 0.15) is 11.6 Å². The molecule has 1 heterocycles. The van der Waals surface area contributed by atoms with Crippen LogP contribution >= 0.6 is 0 Å². The third kappa shape index (κ3) is 3.23. The van der Waals surface area contributed by atoms with Crippen molar-refractivity contribution in [3.8, 4) is 0 Å². The molecule has 2 nitrogen and oxygen atoms in total. The van der Waals surface area contributed by atoms with Crippen LogP contribution in [0.5, 0.6) is 0 Å². The molecule has 2 atom stereocenters. The zero-order chi connectivity index (χ0) is 12.3. The van der Waals surface area contributed by atoms with Gasteiger partial charge < -0.3 is 11.1 Å². The van der Waals surface area contributed by atoms with Crippen LogP contribution in [0.1, 0.15) is 30.9 Å². The third-order valence-electron chi connectivity index (χ3n) is 3.34. The minimum atomic E-state index is -0.432. The van der Waals surface area contributed by atoms with Gasteiger partial charge in [-0.15, -0.1) is 0 Å². The monoisotopic (exact) mass is 240 g/mol. The standard InChI is InChI=1S/C13H18F2N2/c14-10-3-4-12(15)11(7-10)13(16)6-9-2-1-5-17-8-9/h3-4,7,9,13,17H,1-2,5-6,8,16H2. The first-order valence-corrected chi connectivity index (χ1v) is 6.08. The maximum atomic E-state index is 13.5. The van der Waals surface area contributed by atoms with Crippen LogP contribution in [0.3, 0.4) is 0 Å². The molecule has 1 aromatic rings. The number of hydrogen-bond donors (Lipinski definition) is 2. The summed E-state index contributed by atoms with van der Waals surface area (Å²) in [5.41, 5.74) is 6.25. The van der Waals surface area contributed by atoms with E-state index >= 15 is 0 Å². The van der Waals surface area contributed by atoms with Gasteiger partial charge in [0.15, 0.2) is 0 Å². The molecule has 0 radical (unpaired) electrons. The van der Waals surface area contributed by atoms with Gasteiger partial charge in [-0.05, 0) is 56.5 Å². The van der Waals surface area contributed by atoms with E-state index in [9.17, 15) is 8.78 Å². The lowest BCUT2D eigenvalue weighted by molar-refractivity contribution is 0.334. The molecule has 2 unspecified atom stereocenters. The molecule has 0 spiro atoms. The van der Waals surface area contributed by atoms with Crippen LogP contribution in [0.15, 0.2) is 18.2 Å². The van der Waals surface area contributed by atoms with Gasteiger partial charge in [0, 0.05) is 11.6 Å². The van der Waals surface area contributed by atoms with Gasteiger partial charge in [0.2, 0.25) is 0 Å². The third-order valence-corrected chi connectivity index (χ3v) is 3.34. The molecule has 0 aliphatic carbocycles. The van der Waals surface area contributed by atoms with E-state index in [2.05, 4.69) is 5.32 Å². The van der Waals surface area contributed by atoms with E-state index in [0.717, 1.165) is 38.1 Å². The average molecular weight is 240 g/mol. The second kappa shape index (κ2) is 5.56. The Balaban J connectivity index is 2.02. The Labute approximate surface area is 100 Å². The molecule has 1 aliphatic heterocycles. The van der Waals surface area contributed by atoms with Crippen molar-refractivity contribution in [2.75, 3.05) is 13.1 Å². The summed E-state index contributed by atoms with van der Waals surface area (Å²) >= 11 is 0. The molecule has 0 amide bonds. The summed E-state index contributed by atoms with van der Waals surface area (Å²) in [6.45, 7) is 1.96. The molecule has 0 aromatic heterocycles. The number of rotatable bonds is 3. The zero-order valence-electron chi connectivity index (χ0n) is 9.76. The normalized spacial score (nSPS) is 22.4. The summed E-state index contributed by atoms with van der Waals surface area (Å²) in [6.07, 6.45) is 2.94. The molecule has 4 heteroatoms. The fourth-order valence-corrected chi connectivity index (χ4v) is 2.41. The van der Waals surface area contributed by atoms with Crippen molar-refractivity contribution in [1.29, 1.82) is 0 Å². The number of halogens is 2. The van der Waals surface area contributed by atoms with Crippen molar-refractivity contribution in [3.63, 3.8) is 0 Å². The Hall–Kier alpha value is -1.00. The highest BCUT2D eigenvalue weighted by Gasteiger charge is 2.19. The Bertz CT molecular complexity index is 376. The fraction of sp³-hybridized carbons (Fsp3) is 0.538. The van der Waals surface area contributed by atoms with E-state index in [1.165, 1.54) is 6.07 Å². The second-order valence-electron chi connectivity index (χ2n) is 4.72. The Kier molecular flexibility index (Phi) is 4.07. The topological polar surface area (TPSA) is 38.0 Å². The lowest BCUT2D eigenvalue weighted by Gasteiger charge is -2.25. The van der Waals surface area contributed by atoms with E-state index in [1.807, 2.05) is 0 Å². The Morgan fingerprint density at radius 3 is 2.94 bits per heavy atom. The maximum Gasteiger partial charge on any atom is 0.128 e. The summed E-state index contributed by atoms with van der Waals surface area (Å²) in [4.78, 5) is 0. The van der Waals surface area contributed by atoms with Gasteiger partial charge in [0.05, 0.1) is 0 Å². The molecule has 2 rings (SSSR count). The van der Waals surface area contributed by atoms with E-state index < -0.39 is 17.7 Å². The van der Waals surface area contributed by atoms with E-state index in [1.54, 1.807) is 0 Å². The quantitative estimate of drug-likeness (QED) is 0.851. The smallest absolute Gasteiger partial charge is 0.128 e. The van der Waals surface area contributed by atoms with Crippen molar-refractivity contribution >= 4 is 0 Å². The summed E-state index contributed by atoms with van der Waals surface area (Å²) in [5.74, 6) is -0.386. The molecule has 0 bridgehead atoms. The summed E-state index contributed by atoms with van der Waals surface area (Å²) < 4.78 is 26.6. The molecule has 94 valence electrons. The van der Waals surface area contributed by atoms with Gasteiger partial charge >= 0.3 is 0 Å². The molecular formula is C13H18F2N2. The van der Waals surface area contributed by atoms with Gasteiger partial charge in [0.25, 0.3) is 0 Å². The highest BCUT2D eigenvalue weighted by Crippen LogP contribution is 2.25. The summed E-state index contributed by atoms with van der Waals surface area (Å²) in [6, 6.07) is 3.05. The van der Waals surface area contributed by atoms with E-state index in [-0.39, 0.29) is 5.56 Å². The molecule has 1 aliphatic rings. The highest BCUT2D eigenvalue weighted by atomic mass is 19.1. The SMILES string of the molecule is NC(CC1CCCNC1)c1cc(F)ccc1F. The largest absolute Gasteiger partial charge is 0.324 e. The number of piperidine rings is 1. The van der Waals surface area contributed by atoms with Crippen molar-refractivity contribution in [1.82, 2.24) is 5.32 Å². The predicted molar refractivity (Wildman–Crippen MR) is 63.5 cm³/mol. The summed E-state index contributed by atoms with van der Waals surface area (Å²) in [7, 11) is 0. The molecule has 1 aromatic carbocycles. The van der Waals surface area contributed by atoms with Crippen LogP contribution in [-0.4, -0.2) is 13.1 Å². The van der Waals surface area contributed by atoms with Crippen LogP contribution in [0, 0.1) is 17.6 Å². The zero-order valence-corrected chi connectivity index (χ0v) is 9.76. The van der Waals surface area contributed by atoms with Gasteiger partial charge in [-0.1, -0.05) is 0 Å².